The maximum Gasteiger partial charge on any atom is 0.307 e. The maximum absolute atomic E-state index is 12.9. The van der Waals surface area contributed by atoms with Gasteiger partial charge in [-0.2, -0.15) is 0 Å². The van der Waals surface area contributed by atoms with E-state index < -0.39 is 11.5 Å². The fourth-order valence-electron chi connectivity index (χ4n) is 2.66. The van der Waals surface area contributed by atoms with Crippen LogP contribution in [-0.2, 0) is 9.53 Å². The van der Waals surface area contributed by atoms with Crippen molar-refractivity contribution in [2.75, 3.05) is 7.11 Å². The summed E-state index contributed by atoms with van der Waals surface area (Å²) in [5.41, 5.74) is 1.48. The lowest BCUT2D eigenvalue weighted by atomic mass is 9.93. The fraction of sp³-hybridized carbons (Fsp3) is 0.450. The molecule has 0 fully saturated rings. The van der Waals surface area contributed by atoms with Crippen LogP contribution in [0, 0.1) is 12.8 Å². The van der Waals surface area contributed by atoms with Gasteiger partial charge in [-0.15, -0.1) is 0 Å². The molecule has 134 valence electrons. The number of fused-ring (bicyclic) bond motifs is 1. The van der Waals surface area contributed by atoms with Crippen LogP contribution in [0.5, 0.6) is 5.75 Å². The van der Waals surface area contributed by atoms with Crippen LogP contribution in [0.4, 0.5) is 0 Å². The number of carbonyl (C=O) groups excluding carboxylic acids is 2. The van der Waals surface area contributed by atoms with E-state index >= 15 is 0 Å². The number of nitrogens with zero attached hydrogens (tertiary/aromatic N) is 1. The van der Waals surface area contributed by atoms with E-state index in [-0.39, 0.29) is 18.2 Å². The molecule has 0 N–H and O–H groups in total. The lowest BCUT2D eigenvalue weighted by molar-refractivity contribution is -0.155. The maximum atomic E-state index is 12.9. The standard InChI is InChI=1S/C20H25NO4/c1-12(11-17(22)25-20(3,4)5)19(23)15-9-10-16(24-6)18-14(15)8-7-13(2)21-18/h7-10,12H,11H2,1-6H3. The molecule has 0 radical (unpaired) electrons. The summed E-state index contributed by atoms with van der Waals surface area (Å²) in [6.45, 7) is 9.05. The summed E-state index contributed by atoms with van der Waals surface area (Å²) in [5.74, 6) is -0.341. The molecule has 25 heavy (non-hydrogen) atoms. The van der Waals surface area contributed by atoms with Crippen molar-refractivity contribution in [2.45, 2.75) is 46.6 Å². The van der Waals surface area contributed by atoms with Crippen LogP contribution in [0.1, 0.15) is 50.2 Å². The van der Waals surface area contributed by atoms with Crippen molar-refractivity contribution in [2.24, 2.45) is 5.92 Å². The van der Waals surface area contributed by atoms with Gasteiger partial charge in [0.15, 0.2) is 5.78 Å². The molecule has 2 rings (SSSR count). The number of benzene rings is 1. The topological polar surface area (TPSA) is 65.5 Å². The largest absolute Gasteiger partial charge is 0.494 e. The molecular formula is C20H25NO4. The first-order valence-electron chi connectivity index (χ1n) is 8.33. The molecular weight excluding hydrogens is 318 g/mol. The predicted octanol–water partition coefficient (Wildman–Crippen LogP) is 4.10. The zero-order valence-corrected chi connectivity index (χ0v) is 15.7. The van der Waals surface area contributed by atoms with Crippen molar-refractivity contribution >= 4 is 22.7 Å². The van der Waals surface area contributed by atoms with Gasteiger partial charge in [0.1, 0.15) is 16.9 Å². The fourth-order valence-corrected chi connectivity index (χ4v) is 2.66. The Balaban J connectivity index is 2.32. The molecule has 0 spiro atoms. The minimum Gasteiger partial charge on any atom is -0.494 e. The highest BCUT2D eigenvalue weighted by Crippen LogP contribution is 2.29. The molecule has 1 heterocycles. The number of carbonyl (C=O) groups is 2. The Labute approximate surface area is 148 Å². The Kier molecular flexibility index (Phi) is 5.45. The Morgan fingerprint density at radius 2 is 1.84 bits per heavy atom. The number of Topliss-reactive ketones (excluding diaryl/α,β-unsaturated/α-hetero) is 1. The number of methoxy groups -OCH3 is 1. The third-order valence-electron chi connectivity index (χ3n) is 3.79. The number of ether oxygens (including phenoxy) is 2. The number of esters is 1. The third-order valence-corrected chi connectivity index (χ3v) is 3.79. The van der Waals surface area contributed by atoms with Crippen LogP contribution in [-0.4, -0.2) is 29.4 Å². The molecule has 5 nitrogen and oxygen atoms in total. The van der Waals surface area contributed by atoms with Crippen molar-refractivity contribution in [1.82, 2.24) is 4.98 Å². The molecule has 0 amide bonds. The van der Waals surface area contributed by atoms with Gasteiger partial charge < -0.3 is 9.47 Å². The summed E-state index contributed by atoms with van der Waals surface area (Å²) in [6.07, 6.45) is 0.0446. The molecule has 2 aromatic rings. The van der Waals surface area contributed by atoms with E-state index in [1.54, 1.807) is 26.2 Å². The first-order valence-corrected chi connectivity index (χ1v) is 8.33. The number of aryl methyl sites for hydroxylation is 1. The molecule has 1 aromatic carbocycles. The van der Waals surface area contributed by atoms with Crippen molar-refractivity contribution in [3.05, 3.63) is 35.5 Å². The lowest BCUT2D eigenvalue weighted by Gasteiger charge is -2.21. The van der Waals surface area contributed by atoms with E-state index in [4.69, 9.17) is 9.47 Å². The normalized spacial score (nSPS) is 12.7. The summed E-state index contributed by atoms with van der Waals surface area (Å²) in [6, 6.07) is 7.19. The van der Waals surface area contributed by atoms with Gasteiger partial charge in [-0.25, -0.2) is 4.98 Å². The second-order valence-electron chi connectivity index (χ2n) is 7.22. The highest BCUT2D eigenvalue weighted by Gasteiger charge is 2.24. The van der Waals surface area contributed by atoms with Crippen molar-refractivity contribution in [3.63, 3.8) is 0 Å². The minimum absolute atomic E-state index is 0.0446. The van der Waals surface area contributed by atoms with E-state index in [9.17, 15) is 9.59 Å². The molecule has 1 aromatic heterocycles. The van der Waals surface area contributed by atoms with Crippen molar-refractivity contribution in [3.8, 4) is 5.75 Å². The Bertz CT molecular complexity index is 805. The van der Waals surface area contributed by atoms with Crippen LogP contribution < -0.4 is 4.74 Å². The van der Waals surface area contributed by atoms with Crippen molar-refractivity contribution in [1.29, 1.82) is 0 Å². The van der Waals surface area contributed by atoms with Crippen molar-refractivity contribution < 1.29 is 19.1 Å². The van der Waals surface area contributed by atoms with Gasteiger partial charge in [-0.1, -0.05) is 13.0 Å². The van der Waals surface area contributed by atoms with Gasteiger partial charge in [0, 0.05) is 22.6 Å². The van der Waals surface area contributed by atoms with Crippen LogP contribution in [0.3, 0.4) is 0 Å². The van der Waals surface area contributed by atoms with E-state index in [0.29, 0.717) is 16.8 Å². The monoisotopic (exact) mass is 343 g/mol. The zero-order chi connectivity index (χ0) is 18.8. The van der Waals surface area contributed by atoms with Crippen LogP contribution in [0.15, 0.2) is 24.3 Å². The van der Waals surface area contributed by atoms with E-state index in [0.717, 1.165) is 11.1 Å². The molecule has 0 saturated heterocycles. The zero-order valence-electron chi connectivity index (χ0n) is 15.7. The quantitative estimate of drug-likeness (QED) is 0.604. The predicted molar refractivity (Wildman–Crippen MR) is 97.0 cm³/mol. The smallest absolute Gasteiger partial charge is 0.307 e. The molecule has 0 saturated carbocycles. The summed E-state index contributed by atoms with van der Waals surface area (Å²) in [5, 5.41) is 0.728. The van der Waals surface area contributed by atoms with E-state index in [1.165, 1.54) is 0 Å². The van der Waals surface area contributed by atoms with E-state index in [1.807, 2.05) is 39.8 Å². The van der Waals surface area contributed by atoms with Gasteiger partial charge in [0.2, 0.25) is 0 Å². The number of rotatable bonds is 5. The number of aromatic nitrogens is 1. The molecule has 1 atom stereocenters. The summed E-state index contributed by atoms with van der Waals surface area (Å²) >= 11 is 0. The number of ketones is 1. The molecule has 0 bridgehead atoms. The van der Waals surface area contributed by atoms with Gasteiger partial charge in [0.25, 0.3) is 0 Å². The molecule has 5 heteroatoms. The van der Waals surface area contributed by atoms with Crippen LogP contribution in [0.25, 0.3) is 10.9 Å². The number of hydrogen-bond acceptors (Lipinski definition) is 5. The number of hydrogen-bond donors (Lipinski definition) is 0. The van der Waals surface area contributed by atoms with Gasteiger partial charge in [-0.05, 0) is 45.9 Å². The Morgan fingerprint density at radius 3 is 2.44 bits per heavy atom. The van der Waals surface area contributed by atoms with Crippen LogP contribution in [0.2, 0.25) is 0 Å². The first-order chi connectivity index (χ1) is 11.6. The molecule has 0 aliphatic rings. The second kappa shape index (κ2) is 7.21. The third kappa shape index (κ3) is 4.56. The average Bonchev–Trinajstić information content (AvgIpc) is 2.50. The average molecular weight is 343 g/mol. The van der Waals surface area contributed by atoms with Gasteiger partial charge in [0.05, 0.1) is 13.5 Å². The highest BCUT2D eigenvalue weighted by molar-refractivity contribution is 6.10. The highest BCUT2D eigenvalue weighted by atomic mass is 16.6. The Hall–Kier alpha value is -2.43. The SMILES string of the molecule is COc1ccc(C(=O)C(C)CC(=O)OC(C)(C)C)c2ccc(C)nc12. The second-order valence-corrected chi connectivity index (χ2v) is 7.22. The summed E-state index contributed by atoms with van der Waals surface area (Å²) in [4.78, 5) is 29.4. The first kappa shape index (κ1) is 18.9. The lowest BCUT2D eigenvalue weighted by Crippen LogP contribution is -2.26. The minimum atomic E-state index is -0.561. The van der Waals surface area contributed by atoms with Gasteiger partial charge in [-0.3, -0.25) is 9.59 Å². The molecule has 0 aliphatic carbocycles. The van der Waals surface area contributed by atoms with Crippen LogP contribution >= 0.6 is 0 Å². The summed E-state index contributed by atoms with van der Waals surface area (Å²) in [7, 11) is 1.57. The molecule has 1 unspecified atom stereocenters. The van der Waals surface area contributed by atoms with E-state index in [2.05, 4.69) is 4.98 Å². The Morgan fingerprint density at radius 1 is 1.16 bits per heavy atom. The van der Waals surface area contributed by atoms with Gasteiger partial charge >= 0.3 is 5.97 Å². The number of pyridine rings is 1. The summed E-state index contributed by atoms with van der Waals surface area (Å²) < 4.78 is 10.7. The molecule has 0 aliphatic heterocycles.